The molecule has 1 aliphatic heterocycles. The summed E-state index contributed by atoms with van der Waals surface area (Å²) in [6.07, 6.45) is 1.03. The summed E-state index contributed by atoms with van der Waals surface area (Å²) in [7, 11) is 1.62. The minimum Gasteiger partial charge on any atom is -0.495 e. The van der Waals surface area contributed by atoms with Gasteiger partial charge in [-0.25, -0.2) is 0 Å². The number of anilines is 1. The fourth-order valence-electron chi connectivity index (χ4n) is 3.07. The topological polar surface area (TPSA) is 41.6 Å². The van der Waals surface area contributed by atoms with Crippen LogP contribution < -0.4 is 10.1 Å². The zero-order valence-corrected chi connectivity index (χ0v) is 14.6. The van der Waals surface area contributed by atoms with Gasteiger partial charge in [0.2, 0.25) is 5.91 Å². The van der Waals surface area contributed by atoms with Crippen LogP contribution in [0.4, 0.5) is 5.69 Å². The van der Waals surface area contributed by atoms with Gasteiger partial charge in [-0.1, -0.05) is 6.07 Å². The van der Waals surface area contributed by atoms with E-state index in [1.165, 1.54) is 10.4 Å². The molecular formula is C18H22N2O2S. The molecule has 1 aromatic carbocycles. The molecule has 1 aliphatic rings. The van der Waals surface area contributed by atoms with Crippen molar-refractivity contribution in [1.29, 1.82) is 0 Å². The highest BCUT2D eigenvalue weighted by molar-refractivity contribution is 7.10. The van der Waals surface area contributed by atoms with Crippen LogP contribution in [0, 0.1) is 6.92 Å². The maximum Gasteiger partial charge on any atom is 0.238 e. The molecule has 23 heavy (non-hydrogen) atoms. The molecule has 0 saturated carbocycles. The molecule has 1 aromatic heterocycles. The SMILES string of the molecule is COc1ccc(C)cc1NC(=O)CN1CCc2sccc2C1C. The van der Waals surface area contributed by atoms with E-state index in [0.29, 0.717) is 12.3 Å². The number of carbonyl (C=O) groups excluding carboxylic acids is 1. The summed E-state index contributed by atoms with van der Waals surface area (Å²) in [4.78, 5) is 16.1. The lowest BCUT2D eigenvalue weighted by Gasteiger charge is -2.32. The summed E-state index contributed by atoms with van der Waals surface area (Å²) < 4.78 is 5.32. The lowest BCUT2D eigenvalue weighted by molar-refractivity contribution is -0.117. The van der Waals surface area contributed by atoms with Crippen molar-refractivity contribution in [3.63, 3.8) is 0 Å². The van der Waals surface area contributed by atoms with E-state index < -0.39 is 0 Å². The van der Waals surface area contributed by atoms with Gasteiger partial charge >= 0.3 is 0 Å². The maximum absolute atomic E-state index is 12.5. The van der Waals surface area contributed by atoms with Crippen molar-refractivity contribution >= 4 is 22.9 Å². The second kappa shape index (κ2) is 6.72. The number of aryl methyl sites for hydroxylation is 1. The minimum atomic E-state index is -0.000528. The van der Waals surface area contributed by atoms with Crippen molar-refractivity contribution in [2.45, 2.75) is 26.3 Å². The van der Waals surface area contributed by atoms with Gasteiger partial charge in [-0.3, -0.25) is 9.69 Å². The predicted molar refractivity (Wildman–Crippen MR) is 94.4 cm³/mol. The molecule has 0 spiro atoms. The Morgan fingerprint density at radius 3 is 3.04 bits per heavy atom. The number of hydrogen-bond donors (Lipinski definition) is 1. The highest BCUT2D eigenvalue weighted by atomic mass is 32.1. The first-order valence-corrected chi connectivity index (χ1v) is 8.71. The van der Waals surface area contributed by atoms with Crippen LogP contribution in [0.3, 0.4) is 0 Å². The normalized spacial score (nSPS) is 17.6. The van der Waals surface area contributed by atoms with Gasteiger partial charge in [-0.2, -0.15) is 0 Å². The smallest absolute Gasteiger partial charge is 0.238 e. The fraction of sp³-hybridized carbons (Fsp3) is 0.389. The van der Waals surface area contributed by atoms with Crippen molar-refractivity contribution < 1.29 is 9.53 Å². The number of fused-ring (bicyclic) bond motifs is 1. The molecule has 2 heterocycles. The predicted octanol–water partition coefficient (Wildman–Crippen LogP) is 3.62. The lowest BCUT2D eigenvalue weighted by atomic mass is 10.0. The van der Waals surface area contributed by atoms with Crippen molar-refractivity contribution in [3.8, 4) is 5.75 Å². The van der Waals surface area contributed by atoms with Gasteiger partial charge in [0.15, 0.2) is 0 Å². The van der Waals surface area contributed by atoms with Gasteiger partial charge in [0.25, 0.3) is 0 Å². The molecule has 1 N–H and O–H groups in total. The number of nitrogens with zero attached hydrogens (tertiary/aromatic N) is 1. The van der Waals surface area contributed by atoms with Crippen LogP contribution in [0.5, 0.6) is 5.75 Å². The Bertz CT molecular complexity index is 711. The molecule has 1 atom stereocenters. The molecule has 5 heteroatoms. The molecule has 1 unspecified atom stereocenters. The molecule has 0 aliphatic carbocycles. The van der Waals surface area contributed by atoms with Crippen molar-refractivity contribution in [2.75, 3.05) is 25.5 Å². The fourth-order valence-corrected chi connectivity index (χ4v) is 4.03. The summed E-state index contributed by atoms with van der Waals surface area (Å²) in [5.41, 5.74) is 3.19. The van der Waals surface area contributed by atoms with Crippen molar-refractivity contribution in [2.24, 2.45) is 0 Å². The van der Waals surface area contributed by atoms with Gasteiger partial charge in [0.1, 0.15) is 5.75 Å². The molecular weight excluding hydrogens is 308 g/mol. The van der Waals surface area contributed by atoms with E-state index in [4.69, 9.17) is 4.74 Å². The third kappa shape index (κ3) is 3.41. The molecule has 0 bridgehead atoms. The molecule has 0 fully saturated rings. The molecule has 122 valence electrons. The van der Waals surface area contributed by atoms with E-state index in [-0.39, 0.29) is 11.9 Å². The monoisotopic (exact) mass is 330 g/mol. The van der Waals surface area contributed by atoms with Crippen LogP contribution in [0.25, 0.3) is 0 Å². The number of thiophene rings is 1. The van der Waals surface area contributed by atoms with Crippen molar-refractivity contribution in [3.05, 3.63) is 45.6 Å². The van der Waals surface area contributed by atoms with Gasteiger partial charge in [0, 0.05) is 17.5 Å². The largest absolute Gasteiger partial charge is 0.495 e. The molecule has 0 saturated heterocycles. The second-order valence-electron chi connectivity index (χ2n) is 5.95. The number of methoxy groups -OCH3 is 1. The van der Waals surface area contributed by atoms with Crippen LogP contribution in [0.15, 0.2) is 29.6 Å². The summed E-state index contributed by atoms with van der Waals surface area (Å²) in [6.45, 7) is 5.49. The molecule has 1 amide bonds. The van der Waals surface area contributed by atoms with Crippen LogP contribution in [0.2, 0.25) is 0 Å². The Kier molecular flexibility index (Phi) is 4.68. The van der Waals surface area contributed by atoms with E-state index in [1.807, 2.05) is 36.5 Å². The quantitative estimate of drug-likeness (QED) is 0.931. The third-order valence-electron chi connectivity index (χ3n) is 4.38. The molecule has 3 rings (SSSR count). The maximum atomic E-state index is 12.5. The van der Waals surface area contributed by atoms with Gasteiger partial charge < -0.3 is 10.1 Å². The van der Waals surface area contributed by atoms with Crippen LogP contribution in [-0.4, -0.2) is 31.0 Å². The van der Waals surface area contributed by atoms with Crippen LogP contribution >= 0.6 is 11.3 Å². The van der Waals surface area contributed by atoms with E-state index in [9.17, 15) is 4.79 Å². The second-order valence-corrected chi connectivity index (χ2v) is 6.95. The summed E-state index contributed by atoms with van der Waals surface area (Å²) in [6, 6.07) is 8.26. The number of carbonyl (C=O) groups is 1. The summed E-state index contributed by atoms with van der Waals surface area (Å²) in [5.74, 6) is 0.690. The standard InChI is InChI=1S/C18H22N2O2S/c1-12-4-5-16(22-3)15(10-12)19-18(21)11-20-8-6-17-14(13(20)2)7-9-23-17/h4-5,7,9-10,13H,6,8,11H2,1-3H3,(H,19,21). The van der Waals surface area contributed by atoms with E-state index in [0.717, 1.165) is 24.2 Å². The number of ether oxygens (including phenoxy) is 1. The Hall–Kier alpha value is -1.85. The average molecular weight is 330 g/mol. The lowest BCUT2D eigenvalue weighted by Crippen LogP contribution is -2.39. The van der Waals surface area contributed by atoms with E-state index in [1.54, 1.807) is 7.11 Å². The first kappa shape index (κ1) is 16.0. The zero-order valence-electron chi connectivity index (χ0n) is 13.8. The third-order valence-corrected chi connectivity index (χ3v) is 5.38. The highest BCUT2D eigenvalue weighted by Crippen LogP contribution is 2.32. The number of nitrogens with one attached hydrogen (secondary N) is 1. The average Bonchev–Trinajstić information content (AvgIpc) is 3.00. The molecule has 4 nitrogen and oxygen atoms in total. The minimum absolute atomic E-state index is 0.000528. The first-order chi connectivity index (χ1) is 11.1. The Morgan fingerprint density at radius 1 is 1.43 bits per heavy atom. The Morgan fingerprint density at radius 2 is 2.26 bits per heavy atom. The first-order valence-electron chi connectivity index (χ1n) is 7.83. The number of amides is 1. The number of hydrogen-bond acceptors (Lipinski definition) is 4. The summed E-state index contributed by atoms with van der Waals surface area (Å²) in [5, 5.41) is 5.13. The van der Waals surface area contributed by atoms with E-state index >= 15 is 0 Å². The van der Waals surface area contributed by atoms with Gasteiger partial charge in [0.05, 0.1) is 19.3 Å². The highest BCUT2D eigenvalue weighted by Gasteiger charge is 2.26. The van der Waals surface area contributed by atoms with Crippen molar-refractivity contribution in [1.82, 2.24) is 4.90 Å². The van der Waals surface area contributed by atoms with Crippen LogP contribution in [-0.2, 0) is 11.2 Å². The number of rotatable bonds is 4. The van der Waals surface area contributed by atoms with E-state index in [2.05, 4.69) is 28.6 Å². The Labute approximate surface area is 141 Å². The zero-order chi connectivity index (χ0) is 16.4. The number of benzene rings is 1. The van der Waals surface area contributed by atoms with Crippen LogP contribution in [0.1, 0.15) is 29.0 Å². The molecule has 0 radical (unpaired) electrons. The molecule has 2 aromatic rings. The van der Waals surface area contributed by atoms with Gasteiger partial charge in [-0.15, -0.1) is 11.3 Å². The Balaban J connectivity index is 1.68. The summed E-state index contributed by atoms with van der Waals surface area (Å²) >= 11 is 1.82. The van der Waals surface area contributed by atoms with Gasteiger partial charge in [-0.05, 0) is 55.0 Å².